The van der Waals surface area contributed by atoms with Crippen LogP contribution in [-0.2, 0) is 11.3 Å². The summed E-state index contributed by atoms with van der Waals surface area (Å²) in [5.74, 6) is 0.875. The number of hydrogen-bond donors (Lipinski definition) is 1. The van der Waals surface area contributed by atoms with E-state index in [0.717, 1.165) is 6.54 Å². The van der Waals surface area contributed by atoms with E-state index in [-0.39, 0.29) is 61.9 Å². The number of ether oxygens (including phenoxy) is 3. The maximum absolute atomic E-state index is 12.9. The molecule has 12 heteroatoms. The van der Waals surface area contributed by atoms with E-state index in [1.165, 1.54) is 0 Å². The molecular formula is C27H43Cl3N4O5. The molecule has 1 aromatic heterocycles. The second-order valence-electron chi connectivity index (χ2n) is 9.25. The zero-order valence-corrected chi connectivity index (χ0v) is 26.2. The number of rotatable bonds is 14. The van der Waals surface area contributed by atoms with Gasteiger partial charge in [0.25, 0.3) is 0 Å². The van der Waals surface area contributed by atoms with Crippen LogP contribution in [0.1, 0.15) is 50.7 Å². The normalized spacial score (nSPS) is 10.3. The molecule has 1 heterocycles. The van der Waals surface area contributed by atoms with Crippen molar-refractivity contribution < 1.29 is 23.8 Å². The summed E-state index contributed by atoms with van der Waals surface area (Å²) in [5, 5.41) is 3.12. The van der Waals surface area contributed by atoms with Crippen molar-refractivity contribution in [1.82, 2.24) is 20.1 Å². The minimum atomic E-state index is -0.526. The number of benzene rings is 1. The van der Waals surface area contributed by atoms with E-state index in [9.17, 15) is 9.59 Å². The van der Waals surface area contributed by atoms with Crippen LogP contribution in [0, 0.1) is 0 Å². The van der Waals surface area contributed by atoms with Gasteiger partial charge in [-0.3, -0.25) is 9.78 Å². The molecule has 0 radical (unpaired) electrons. The van der Waals surface area contributed by atoms with Gasteiger partial charge in [0.15, 0.2) is 11.5 Å². The number of pyridine rings is 1. The molecule has 0 aliphatic heterocycles. The van der Waals surface area contributed by atoms with Crippen molar-refractivity contribution >= 4 is 49.1 Å². The molecular weight excluding hydrogens is 567 g/mol. The number of carbonyl (C=O) groups excluding carboxylic acids is 2. The maximum Gasteiger partial charge on any atom is 0.343 e. The molecule has 2 rings (SSSR count). The van der Waals surface area contributed by atoms with Crippen LogP contribution in [-0.4, -0.2) is 79.1 Å². The third kappa shape index (κ3) is 14.1. The van der Waals surface area contributed by atoms with Crippen LogP contribution in [0.5, 0.6) is 17.2 Å². The highest BCUT2D eigenvalue weighted by molar-refractivity contribution is 5.91. The molecule has 0 aliphatic carbocycles. The Morgan fingerprint density at radius 1 is 0.923 bits per heavy atom. The van der Waals surface area contributed by atoms with Gasteiger partial charge in [0, 0.05) is 38.4 Å². The molecule has 222 valence electrons. The van der Waals surface area contributed by atoms with Gasteiger partial charge in [-0.2, -0.15) is 0 Å². The van der Waals surface area contributed by atoms with Gasteiger partial charge in [-0.05, 0) is 73.0 Å². The van der Waals surface area contributed by atoms with Crippen LogP contribution in [0.3, 0.4) is 0 Å². The lowest BCUT2D eigenvalue weighted by atomic mass is 10.2. The monoisotopic (exact) mass is 608 g/mol. The zero-order valence-electron chi connectivity index (χ0n) is 23.8. The number of hydrogen-bond acceptors (Lipinski definition) is 8. The van der Waals surface area contributed by atoms with E-state index in [4.69, 9.17) is 14.2 Å². The van der Waals surface area contributed by atoms with Crippen molar-refractivity contribution in [1.29, 1.82) is 0 Å². The van der Waals surface area contributed by atoms with Gasteiger partial charge in [-0.15, -0.1) is 37.2 Å². The van der Waals surface area contributed by atoms with Crippen molar-refractivity contribution in [3.63, 3.8) is 0 Å². The van der Waals surface area contributed by atoms with E-state index >= 15 is 0 Å². The molecule has 0 aliphatic rings. The predicted octanol–water partition coefficient (Wildman–Crippen LogP) is 4.64. The number of nitrogens with zero attached hydrogens (tertiary/aromatic N) is 3. The number of halogens is 3. The lowest BCUT2D eigenvalue weighted by Gasteiger charge is -2.23. The molecule has 39 heavy (non-hydrogen) atoms. The van der Waals surface area contributed by atoms with Gasteiger partial charge in [-0.25, -0.2) is 4.79 Å². The van der Waals surface area contributed by atoms with Crippen molar-refractivity contribution in [3.05, 3.63) is 47.8 Å². The fourth-order valence-electron chi connectivity index (χ4n) is 3.31. The summed E-state index contributed by atoms with van der Waals surface area (Å²) in [4.78, 5) is 33.5. The average Bonchev–Trinajstić information content (AvgIpc) is 2.80. The Balaban J connectivity index is 0. The quantitative estimate of drug-likeness (QED) is 0.245. The lowest BCUT2D eigenvalue weighted by molar-refractivity contribution is -0.130. The molecule has 2 aromatic rings. The van der Waals surface area contributed by atoms with E-state index in [1.54, 1.807) is 36.5 Å². The molecule has 0 saturated carbocycles. The van der Waals surface area contributed by atoms with Gasteiger partial charge in [0.05, 0.1) is 30.0 Å². The largest absolute Gasteiger partial charge is 0.491 e. The van der Waals surface area contributed by atoms with E-state index in [0.29, 0.717) is 48.1 Å². The second kappa shape index (κ2) is 19.7. The Kier molecular flexibility index (Phi) is 19.6. The molecule has 0 atom stereocenters. The Bertz CT molecular complexity index is 1010. The van der Waals surface area contributed by atoms with Crippen LogP contribution < -0.4 is 19.5 Å². The summed E-state index contributed by atoms with van der Waals surface area (Å²) in [7, 11) is 3.96. The Morgan fingerprint density at radius 3 is 2.18 bits per heavy atom. The van der Waals surface area contributed by atoms with E-state index in [1.807, 2.05) is 58.5 Å². The van der Waals surface area contributed by atoms with Crippen molar-refractivity contribution in [2.45, 2.75) is 53.4 Å². The smallest absolute Gasteiger partial charge is 0.343 e. The first-order valence-electron chi connectivity index (χ1n) is 12.4. The van der Waals surface area contributed by atoms with E-state index < -0.39 is 5.97 Å². The number of aromatic nitrogens is 1. The fourth-order valence-corrected chi connectivity index (χ4v) is 3.31. The first-order chi connectivity index (χ1) is 17.1. The number of carbonyl (C=O) groups is 2. The van der Waals surface area contributed by atoms with Crippen LogP contribution in [0.25, 0.3) is 0 Å². The van der Waals surface area contributed by atoms with Crippen LogP contribution in [0.4, 0.5) is 0 Å². The number of likely N-dealkylation sites (N-methyl/N-ethyl adjacent to an activating group) is 2. The summed E-state index contributed by atoms with van der Waals surface area (Å²) in [6.45, 7) is 12.3. The first kappa shape index (κ1) is 38.8. The molecule has 9 nitrogen and oxygen atoms in total. The summed E-state index contributed by atoms with van der Waals surface area (Å²) in [6, 6.07) is 8.38. The molecule has 1 N–H and O–H groups in total. The lowest BCUT2D eigenvalue weighted by Crippen LogP contribution is -2.41. The third-order valence-electron chi connectivity index (χ3n) is 5.04. The number of esters is 1. The highest BCUT2D eigenvalue weighted by Gasteiger charge is 2.16. The van der Waals surface area contributed by atoms with Gasteiger partial charge in [-0.1, -0.05) is 0 Å². The SMILES string of the molecule is CCN(CCN(C)C)C(=O)CNCc1cc(C(=O)Oc2ccc(OC(C)C)cc2OC(C)C)ccn1.Cl.Cl.Cl. The summed E-state index contributed by atoms with van der Waals surface area (Å²) >= 11 is 0. The molecule has 1 amide bonds. The second-order valence-corrected chi connectivity index (χ2v) is 9.25. The van der Waals surface area contributed by atoms with Crippen LogP contribution >= 0.6 is 37.2 Å². The first-order valence-corrected chi connectivity index (χ1v) is 12.4. The van der Waals surface area contributed by atoms with Crippen molar-refractivity contribution in [3.8, 4) is 17.2 Å². The summed E-state index contributed by atoms with van der Waals surface area (Å²) in [6.07, 6.45) is 1.45. The van der Waals surface area contributed by atoms with E-state index in [2.05, 4.69) is 10.3 Å². The molecule has 0 fully saturated rings. The summed E-state index contributed by atoms with van der Waals surface area (Å²) < 4.78 is 17.2. The van der Waals surface area contributed by atoms with Crippen molar-refractivity contribution in [2.24, 2.45) is 0 Å². The minimum absolute atomic E-state index is 0. The third-order valence-corrected chi connectivity index (χ3v) is 5.04. The van der Waals surface area contributed by atoms with Gasteiger partial charge >= 0.3 is 5.97 Å². The number of nitrogens with one attached hydrogen (secondary N) is 1. The molecule has 0 saturated heterocycles. The average molecular weight is 610 g/mol. The fraction of sp³-hybridized carbons (Fsp3) is 0.519. The Hall–Kier alpha value is -2.30. The molecule has 0 unspecified atom stereocenters. The van der Waals surface area contributed by atoms with Gasteiger partial charge < -0.3 is 29.3 Å². The van der Waals surface area contributed by atoms with Crippen LogP contribution in [0.15, 0.2) is 36.5 Å². The Labute approximate surface area is 251 Å². The maximum atomic E-state index is 12.9. The molecule has 0 bridgehead atoms. The Morgan fingerprint density at radius 2 is 1.59 bits per heavy atom. The number of amides is 1. The predicted molar refractivity (Wildman–Crippen MR) is 161 cm³/mol. The van der Waals surface area contributed by atoms with Crippen LogP contribution in [0.2, 0.25) is 0 Å². The summed E-state index contributed by atoms with van der Waals surface area (Å²) in [5.41, 5.74) is 0.986. The van der Waals surface area contributed by atoms with Gasteiger partial charge in [0.2, 0.25) is 5.91 Å². The minimum Gasteiger partial charge on any atom is -0.491 e. The highest BCUT2D eigenvalue weighted by atomic mass is 35.5. The zero-order chi connectivity index (χ0) is 26.7. The highest BCUT2D eigenvalue weighted by Crippen LogP contribution is 2.33. The van der Waals surface area contributed by atoms with Gasteiger partial charge in [0.1, 0.15) is 5.75 Å². The van der Waals surface area contributed by atoms with Crippen molar-refractivity contribution in [2.75, 3.05) is 40.3 Å². The molecule has 1 aromatic carbocycles. The molecule has 0 spiro atoms. The standard InChI is InChI=1S/C27H40N4O5.3ClH/c1-8-31(14-13-30(6)7)26(32)18-28-17-22-15-21(11-12-29-22)27(33)36-24-10-9-23(34-19(2)3)16-25(24)35-20(4)5;;;/h9-12,15-16,19-20,28H,8,13-14,17-18H2,1-7H3;3*1H. The topological polar surface area (TPSA) is 93.2 Å².